The fourth-order valence-electron chi connectivity index (χ4n) is 3.08. The first-order valence-corrected chi connectivity index (χ1v) is 9.28. The number of hydrogen-bond acceptors (Lipinski definition) is 6. The van der Waals surface area contributed by atoms with Gasteiger partial charge in [0.2, 0.25) is 0 Å². The van der Waals surface area contributed by atoms with Gasteiger partial charge in [-0.15, -0.1) is 0 Å². The molecule has 0 atom stereocenters. The van der Waals surface area contributed by atoms with Gasteiger partial charge < -0.3 is 18.6 Å². The molecule has 3 aromatic rings. The maximum atomic E-state index is 13.7. The number of oxazole rings is 1. The minimum absolute atomic E-state index is 0.0703. The Labute approximate surface area is 167 Å². The van der Waals surface area contributed by atoms with Gasteiger partial charge in [-0.1, -0.05) is 29.8 Å². The molecule has 1 aliphatic rings. The van der Waals surface area contributed by atoms with E-state index < -0.39 is 11.8 Å². The van der Waals surface area contributed by atoms with Crippen LogP contribution in [-0.2, 0) is 33.9 Å². The largest absolute Gasteiger partial charge is 0.467 e. The van der Waals surface area contributed by atoms with Crippen LogP contribution in [0.5, 0.6) is 5.75 Å². The molecule has 2 aromatic carbocycles. The van der Waals surface area contributed by atoms with E-state index in [-0.39, 0.29) is 26.4 Å². The second-order valence-corrected chi connectivity index (χ2v) is 6.81. The zero-order valence-electron chi connectivity index (χ0n) is 15.9. The van der Waals surface area contributed by atoms with Crippen molar-refractivity contribution in [2.75, 3.05) is 6.79 Å². The third kappa shape index (κ3) is 4.63. The second-order valence-electron chi connectivity index (χ2n) is 6.81. The lowest BCUT2D eigenvalue weighted by Crippen LogP contribution is -2.15. The molecule has 0 fully saturated rings. The molecule has 7 heteroatoms. The molecular formula is C22H20FNO5. The first-order valence-electron chi connectivity index (χ1n) is 9.28. The number of halogens is 1. The molecule has 0 bridgehead atoms. The number of carbonyl (C=O) groups excluding carboxylic acids is 1. The van der Waals surface area contributed by atoms with Crippen LogP contribution >= 0.6 is 0 Å². The van der Waals surface area contributed by atoms with Crippen molar-refractivity contribution in [3.8, 4) is 17.1 Å². The predicted molar refractivity (Wildman–Crippen MR) is 101 cm³/mol. The second kappa shape index (κ2) is 8.45. The molecule has 0 amide bonds. The number of esters is 1. The van der Waals surface area contributed by atoms with Gasteiger partial charge in [0.05, 0.1) is 19.2 Å². The van der Waals surface area contributed by atoms with Crippen LogP contribution in [-0.4, -0.2) is 17.7 Å². The maximum absolute atomic E-state index is 13.7. The summed E-state index contributed by atoms with van der Waals surface area (Å²) in [6.07, 6.45) is 2.06. The van der Waals surface area contributed by atoms with Gasteiger partial charge in [0.15, 0.2) is 18.4 Å². The van der Waals surface area contributed by atoms with E-state index >= 15 is 0 Å². The Bertz CT molecular complexity index is 1010. The van der Waals surface area contributed by atoms with E-state index in [4.69, 9.17) is 18.6 Å². The molecule has 150 valence electrons. The molecule has 0 radical (unpaired) electrons. The van der Waals surface area contributed by atoms with Crippen molar-refractivity contribution >= 4 is 5.97 Å². The van der Waals surface area contributed by atoms with Crippen molar-refractivity contribution in [3.05, 3.63) is 71.0 Å². The van der Waals surface area contributed by atoms with Gasteiger partial charge in [-0.3, -0.25) is 4.79 Å². The lowest BCUT2D eigenvalue weighted by molar-refractivity contribution is -0.145. The molecule has 4 rings (SSSR count). The van der Waals surface area contributed by atoms with Crippen molar-refractivity contribution in [1.29, 1.82) is 0 Å². The number of carbonyl (C=O) groups is 1. The summed E-state index contributed by atoms with van der Waals surface area (Å²) in [5.74, 6) is 0.777. The van der Waals surface area contributed by atoms with Crippen LogP contribution in [0.4, 0.5) is 4.39 Å². The number of hydrogen-bond donors (Lipinski definition) is 0. The number of aromatic nitrogens is 1. The first kappa shape index (κ1) is 19.1. The highest BCUT2D eigenvalue weighted by atomic mass is 19.1. The van der Waals surface area contributed by atoms with Crippen molar-refractivity contribution in [2.45, 2.75) is 33.0 Å². The number of nitrogens with zero attached hydrogens (tertiary/aromatic N) is 1. The van der Waals surface area contributed by atoms with E-state index in [9.17, 15) is 9.18 Å². The van der Waals surface area contributed by atoms with Crippen LogP contribution in [0.15, 0.2) is 47.0 Å². The topological polar surface area (TPSA) is 70.8 Å². The fourth-order valence-corrected chi connectivity index (χ4v) is 3.08. The summed E-state index contributed by atoms with van der Waals surface area (Å²) in [4.78, 5) is 16.3. The van der Waals surface area contributed by atoms with Crippen LogP contribution in [0.25, 0.3) is 11.3 Å². The number of rotatable bonds is 6. The first-order chi connectivity index (χ1) is 14.1. The predicted octanol–water partition coefficient (Wildman–Crippen LogP) is 4.33. The van der Waals surface area contributed by atoms with E-state index in [2.05, 4.69) is 4.98 Å². The highest BCUT2D eigenvalue weighted by Crippen LogP contribution is 2.30. The lowest BCUT2D eigenvalue weighted by atomic mass is 10.1. The van der Waals surface area contributed by atoms with Crippen LogP contribution in [0, 0.1) is 12.7 Å². The fraction of sp³-hybridized carbons (Fsp3) is 0.273. The van der Waals surface area contributed by atoms with Crippen molar-refractivity contribution in [2.24, 2.45) is 0 Å². The van der Waals surface area contributed by atoms with Gasteiger partial charge >= 0.3 is 5.97 Å². The molecule has 0 unspecified atom stereocenters. The van der Waals surface area contributed by atoms with Gasteiger partial charge in [-0.05, 0) is 19.1 Å². The summed E-state index contributed by atoms with van der Waals surface area (Å²) in [7, 11) is 0. The third-order valence-electron chi connectivity index (χ3n) is 4.57. The van der Waals surface area contributed by atoms with Crippen LogP contribution in [0.1, 0.15) is 29.0 Å². The van der Waals surface area contributed by atoms with E-state index in [0.717, 1.165) is 11.1 Å². The highest BCUT2D eigenvalue weighted by molar-refractivity contribution is 5.69. The Balaban J connectivity index is 1.32. The summed E-state index contributed by atoms with van der Waals surface area (Å²) in [5.41, 5.74) is 3.17. The molecular weight excluding hydrogens is 377 g/mol. The molecule has 0 N–H and O–H groups in total. The van der Waals surface area contributed by atoms with Gasteiger partial charge in [0, 0.05) is 23.1 Å². The summed E-state index contributed by atoms with van der Waals surface area (Å²) >= 11 is 0. The quantitative estimate of drug-likeness (QED) is 0.577. The smallest absolute Gasteiger partial charge is 0.306 e. The molecule has 29 heavy (non-hydrogen) atoms. The van der Waals surface area contributed by atoms with Gasteiger partial charge in [0.1, 0.15) is 18.2 Å². The van der Waals surface area contributed by atoms with Gasteiger partial charge in [-0.2, -0.15) is 0 Å². The summed E-state index contributed by atoms with van der Waals surface area (Å²) in [5, 5.41) is 0. The normalized spacial score (nSPS) is 12.9. The average molecular weight is 397 g/mol. The minimum Gasteiger partial charge on any atom is -0.467 e. The Morgan fingerprint density at radius 1 is 1.24 bits per heavy atom. The van der Waals surface area contributed by atoms with Gasteiger partial charge in [0.25, 0.3) is 0 Å². The monoisotopic (exact) mass is 397 g/mol. The van der Waals surface area contributed by atoms with Crippen molar-refractivity contribution < 1.29 is 27.8 Å². The molecule has 6 nitrogen and oxygen atoms in total. The summed E-state index contributed by atoms with van der Waals surface area (Å²) < 4.78 is 35.3. The number of fused-ring (bicyclic) bond motifs is 1. The molecule has 0 saturated heterocycles. The van der Waals surface area contributed by atoms with Gasteiger partial charge in [-0.25, -0.2) is 9.37 Å². The molecule has 1 aromatic heterocycles. The zero-order valence-corrected chi connectivity index (χ0v) is 15.9. The lowest BCUT2D eigenvalue weighted by Gasteiger charge is -2.20. The zero-order chi connectivity index (χ0) is 20.2. The number of benzene rings is 2. The molecule has 1 aliphatic heterocycles. The van der Waals surface area contributed by atoms with E-state index in [1.165, 1.54) is 12.1 Å². The number of ether oxygens (including phenoxy) is 3. The van der Waals surface area contributed by atoms with Crippen LogP contribution in [0.3, 0.4) is 0 Å². The summed E-state index contributed by atoms with van der Waals surface area (Å²) in [6, 6.07) is 10.6. The molecule has 2 heterocycles. The Hall–Kier alpha value is -3.19. The number of aryl methyl sites for hydroxylation is 2. The Morgan fingerprint density at radius 2 is 2.07 bits per heavy atom. The Morgan fingerprint density at radius 3 is 2.90 bits per heavy atom. The molecule has 0 aliphatic carbocycles. The van der Waals surface area contributed by atoms with E-state index in [1.54, 1.807) is 6.20 Å². The van der Waals surface area contributed by atoms with E-state index in [0.29, 0.717) is 34.9 Å². The third-order valence-corrected chi connectivity index (χ3v) is 4.57. The standard InChI is InChI=1S/C22H20FNO5/c1-14-2-4-15(5-3-14)19-10-24-20(29-19)6-7-21(25)27-12-17-9-18(23)8-16-11-26-13-28-22(16)17/h2-5,8-10H,6-7,11-13H2,1H3. The minimum atomic E-state index is -0.426. The van der Waals surface area contributed by atoms with Crippen molar-refractivity contribution in [1.82, 2.24) is 4.98 Å². The summed E-state index contributed by atoms with van der Waals surface area (Å²) in [6.45, 7) is 2.30. The maximum Gasteiger partial charge on any atom is 0.306 e. The van der Waals surface area contributed by atoms with Crippen LogP contribution in [0.2, 0.25) is 0 Å². The molecule has 0 spiro atoms. The van der Waals surface area contributed by atoms with Crippen molar-refractivity contribution in [3.63, 3.8) is 0 Å². The van der Waals surface area contributed by atoms with E-state index in [1.807, 2.05) is 31.2 Å². The highest BCUT2D eigenvalue weighted by Gasteiger charge is 2.18. The Kier molecular flexibility index (Phi) is 5.57. The molecule has 0 saturated carbocycles. The van der Waals surface area contributed by atoms with Crippen LogP contribution < -0.4 is 4.74 Å². The average Bonchev–Trinajstić information content (AvgIpc) is 3.20. The SMILES string of the molecule is Cc1ccc(-c2cnc(CCC(=O)OCc3cc(F)cc4c3OCOC4)o2)cc1.